The Hall–Kier alpha value is -1.03. The molecule has 4 heteroatoms. The van der Waals surface area contributed by atoms with Gasteiger partial charge in [0.15, 0.2) is 0 Å². The number of nitrogens with zero attached hydrogens (tertiary/aromatic N) is 2. The van der Waals surface area contributed by atoms with Gasteiger partial charge >= 0.3 is 0 Å². The largest absolute Gasteiger partial charge is 0.385 e. The van der Waals surface area contributed by atoms with E-state index in [1.54, 1.807) is 7.11 Å². The lowest BCUT2D eigenvalue weighted by Crippen LogP contribution is -2.12. The molecule has 0 saturated heterocycles. The van der Waals surface area contributed by atoms with Crippen molar-refractivity contribution in [3.8, 4) is 0 Å². The van der Waals surface area contributed by atoms with E-state index in [1.807, 2.05) is 12.4 Å². The zero-order valence-electron chi connectivity index (χ0n) is 9.86. The number of methoxy groups -OCH3 is 1. The first-order valence-corrected chi connectivity index (χ1v) is 5.55. The maximum Gasteiger partial charge on any atom is 0.203 e. The monoisotopic (exact) mass is 211 g/mol. The third-order valence-electron chi connectivity index (χ3n) is 2.42. The van der Waals surface area contributed by atoms with Gasteiger partial charge in [0.05, 0.1) is 0 Å². The topological polar surface area (TPSA) is 39.1 Å². The molecule has 15 heavy (non-hydrogen) atoms. The molecule has 0 spiro atoms. The lowest BCUT2D eigenvalue weighted by Gasteiger charge is -2.16. The summed E-state index contributed by atoms with van der Waals surface area (Å²) in [6.45, 7) is 6.08. The van der Waals surface area contributed by atoms with Crippen LogP contribution in [0, 0.1) is 0 Å². The molecule has 1 rings (SSSR count). The van der Waals surface area contributed by atoms with E-state index in [-0.39, 0.29) is 0 Å². The van der Waals surface area contributed by atoms with Crippen LogP contribution in [0.15, 0.2) is 12.4 Å². The fourth-order valence-corrected chi connectivity index (χ4v) is 1.47. The third-order valence-corrected chi connectivity index (χ3v) is 2.42. The molecule has 1 heterocycles. The normalized spacial score (nSPS) is 12.7. The van der Waals surface area contributed by atoms with E-state index in [0.717, 1.165) is 31.9 Å². The van der Waals surface area contributed by atoms with Crippen molar-refractivity contribution in [3.05, 3.63) is 12.4 Å². The maximum atomic E-state index is 5.08. The molecule has 1 aromatic heterocycles. The highest BCUT2D eigenvalue weighted by Crippen LogP contribution is 2.16. The lowest BCUT2D eigenvalue weighted by molar-refractivity contribution is 0.181. The number of rotatable bonds is 7. The van der Waals surface area contributed by atoms with E-state index >= 15 is 0 Å². The van der Waals surface area contributed by atoms with Gasteiger partial charge in [0.1, 0.15) is 0 Å². The standard InChI is InChI=1S/C11H21N3O/c1-4-6-12-11-13-7-8-14(11)10(2)5-9-15-3/h7-8,10H,4-6,9H2,1-3H3,(H,12,13). The zero-order valence-corrected chi connectivity index (χ0v) is 9.86. The maximum absolute atomic E-state index is 5.08. The number of aromatic nitrogens is 2. The highest BCUT2D eigenvalue weighted by atomic mass is 16.5. The Bertz CT molecular complexity index is 273. The molecule has 0 radical (unpaired) electrons. The summed E-state index contributed by atoms with van der Waals surface area (Å²) < 4.78 is 7.24. The molecule has 4 nitrogen and oxygen atoms in total. The molecule has 1 aromatic rings. The molecule has 0 bridgehead atoms. The van der Waals surface area contributed by atoms with Crippen molar-refractivity contribution >= 4 is 5.95 Å². The van der Waals surface area contributed by atoms with Crippen LogP contribution < -0.4 is 5.32 Å². The molecule has 0 aliphatic rings. The summed E-state index contributed by atoms with van der Waals surface area (Å²) in [4.78, 5) is 4.29. The van der Waals surface area contributed by atoms with Crippen LogP contribution in [0.2, 0.25) is 0 Å². The van der Waals surface area contributed by atoms with Crippen molar-refractivity contribution in [2.24, 2.45) is 0 Å². The molecule has 0 saturated carbocycles. The summed E-state index contributed by atoms with van der Waals surface area (Å²) in [5.41, 5.74) is 0. The van der Waals surface area contributed by atoms with Gasteiger partial charge in [0.2, 0.25) is 5.95 Å². The van der Waals surface area contributed by atoms with Gasteiger partial charge in [-0.25, -0.2) is 4.98 Å². The molecule has 0 amide bonds. The zero-order chi connectivity index (χ0) is 11.1. The summed E-state index contributed by atoms with van der Waals surface area (Å²) >= 11 is 0. The average Bonchev–Trinajstić information content (AvgIpc) is 2.71. The minimum atomic E-state index is 0.423. The number of anilines is 1. The Balaban J connectivity index is 2.54. The third kappa shape index (κ3) is 3.55. The second kappa shape index (κ2) is 6.45. The van der Waals surface area contributed by atoms with Gasteiger partial charge in [-0.05, 0) is 19.8 Å². The number of imidazole rings is 1. The number of hydrogen-bond acceptors (Lipinski definition) is 3. The van der Waals surface area contributed by atoms with Crippen molar-refractivity contribution in [3.63, 3.8) is 0 Å². The summed E-state index contributed by atoms with van der Waals surface area (Å²) in [7, 11) is 1.73. The molecular formula is C11H21N3O. The van der Waals surface area contributed by atoms with Crippen LogP contribution in [0.1, 0.15) is 32.7 Å². The molecule has 0 aliphatic carbocycles. The van der Waals surface area contributed by atoms with E-state index in [1.165, 1.54) is 0 Å². The first-order valence-electron chi connectivity index (χ1n) is 5.55. The van der Waals surface area contributed by atoms with Crippen LogP contribution in [0.5, 0.6) is 0 Å². The van der Waals surface area contributed by atoms with Crippen LogP contribution in [-0.4, -0.2) is 29.8 Å². The van der Waals surface area contributed by atoms with Crippen molar-refractivity contribution < 1.29 is 4.74 Å². The predicted octanol–water partition coefficient (Wildman–Crippen LogP) is 2.30. The minimum Gasteiger partial charge on any atom is -0.385 e. The Labute approximate surface area is 91.7 Å². The van der Waals surface area contributed by atoms with Crippen LogP contribution in [0.4, 0.5) is 5.95 Å². The number of ether oxygens (including phenoxy) is 1. The minimum absolute atomic E-state index is 0.423. The summed E-state index contributed by atoms with van der Waals surface area (Å²) in [6.07, 6.45) is 5.96. The molecule has 86 valence electrons. The van der Waals surface area contributed by atoms with Gasteiger partial charge in [-0.15, -0.1) is 0 Å². The van der Waals surface area contributed by atoms with Crippen LogP contribution >= 0.6 is 0 Å². The summed E-state index contributed by atoms with van der Waals surface area (Å²) in [6, 6.07) is 0.423. The van der Waals surface area contributed by atoms with Gasteiger partial charge in [0, 0.05) is 38.7 Å². The first kappa shape index (κ1) is 12.0. The molecule has 1 atom stereocenters. The Morgan fingerprint density at radius 3 is 3.07 bits per heavy atom. The van der Waals surface area contributed by atoms with Gasteiger partial charge < -0.3 is 14.6 Å². The smallest absolute Gasteiger partial charge is 0.203 e. The van der Waals surface area contributed by atoms with Crippen LogP contribution in [0.25, 0.3) is 0 Å². The number of hydrogen-bond donors (Lipinski definition) is 1. The van der Waals surface area contributed by atoms with Gasteiger partial charge in [-0.2, -0.15) is 0 Å². The Kier molecular flexibility index (Phi) is 5.18. The fourth-order valence-electron chi connectivity index (χ4n) is 1.47. The molecular weight excluding hydrogens is 190 g/mol. The lowest BCUT2D eigenvalue weighted by atomic mass is 10.2. The molecule has 0 aliphatic heterocycles. The van der Waals surface area contributed by atoms with Crippen molar-refractivity contribution in [2.75, 3.05) is 25.6 Å². The van der Waals surface area contributed by atoms with E-state index in [2.05, 4.69) is 28.7 Å². The summed E-state index contributed by atoms with van der Waals surface area (Å²) in [5.74, 6) is 0.959. The molecule has 1 N–H and O–H groups in total. The van der Waals surface area contributed by atoms with E-state index in [4.69, 9.17) is 4.74 Å². The molecule has 1 unspecified atom stereocenters. The van der Waals surface area contributed by atoms with Crippen molar-refractivity contribution in [2.45, 2.75) is 32.7 Å². The highest BCUT2D eigenvalue weighted by Gasteiger charge is 2.08. The van der Waals surface area contributed by atoms with E-state index < -0.39 is 0 Å². The molecule has 0 fully saturated rings. The van der Waals surface area contributed by atoms with E-state index in [9.17, 15) is 0 Å². The van der Waals surface area contributed by atoms with Gasteiger partial charge in [-0.1, -0.05) is 6.92 Å². The highest BCUT2D eigenvalue weighted by molar-refractivity contribution is 5.26. The fraction of sp³-hybridized carbons (Fsp3) is 0.727. The molecule has 0 aromatic carbocycles. The SMILES string of the molecule is CCCNc1nccn1C(C)CCOC. The van der Waals surface area contributed by atoms with Crippen molar-refractivity contribution in [1.29, 1.82) is 0 Å². The quantitative estimate of drug-likeness (QED) is 0.752. The second-order valence-electron chi connectivity index (χ2n) is 3.72. The van der Waals surface area contributed by atoms with Crippen molar-refractivity contribution in [1.82, 2.24) is 9.55 Å². The van der Waals surface area contributed by atoms with Gasteiger partial charge in [0.25, 0.3) is 0 Å². The summed E-state index contributed by atoms with van der Waals surface area (Å²) in [5, 5.41) is 3.31. The predicted molar refractivity (Wildman–Crippen MR) is 62.2 cm³/mol. The van der Waals surface area contributed by atoms with Gasteiger partial charge in [-0.3, -0.25) is 0 Å². The van der Waals surface area contributed by atoms with Crippen LogP contribution in [0.3, 0.4) is 0 Å². The Morgan fingerprint density at radius 2 is 2.40 bits per heavy atom. The van der Waals surface area contributed by atoms with Crippen LogP contribution in [-0.2, 0) is 4.74 Å². The first-order chi connectivity index (χ1) is 7.29. The number of nitrogens with one attached hydrogen (secondary N) is 1. The second-order valence-corrected chi connectivity index (χ2v) is 3.72. The van der Waals surface area contributed by atoms with E-state index in [0.29, 0.717) is 6.04 Å². The average molecular weight is 211 g/mol. The Morgan fingerprint density at radius 1 is 1.60 bits per heavy atom.